The van der Waals surface area contributed by atoms with Crippen molar-refractivity contribution in [3.8, 4) is 11.3 Å². The molecule has 0 bridgehead atoms. The Morgan fingerprint density at radius 1 is 0.913 bits per heavy atom. The molecule has 0 aliphatic rings. The zero-order chi connectivity index (χ0) is 17.5. The average molecular weight is 317 g/mol. The number of hydrogen-bond donors (Lipinski definition) is 3. The second kappa shape index (κ2) is 8.22. The Bertz CT molecular complexity index is 531. The van der Waals surface area contributed by atoms with Crippen molar-refractivity contribution in [3.05, 3.63) is 54.7 Å². The first-order valence-corrected chi connectivity index (χ1v) is 7.36. The van der Waals surface area contributed by atoms with Crippen LogP contribution in [0.1, 0.15) is 27.7 Å². The third kappa shape index (κ3) is 6.50. The van der Waals surface area contributed by atoms with E-state index in [0.29, 0.717) is 0 Å². The van der Waals surface area contributed by atoms with Crippen molar-refractivity contribution in [2.75, 3.05) is 0 Å². The number of pyridine rings is 1. The van der Waals surface area contributed by atoms with Gasteiger partial charge in [-0.2, -0.15) is 0 Å². The molecule has 1 aromatic carbocycles. The van der Waals surface area contributed by atoms with E-state index in [1.165, 1.54) is 13.8 Å². The summed E-state index contributed by atoms with van der Waals surface area (Å²) in [4.78, 5) is 4.25. The highest BCUT2D eigenvalue weighted by atomic mass is 16.6. The molecule has 1 heterocycles. The van der Waals surface area contributed by atoms with Gasteiger partial charge >= 0.3 is 7.32 Å². The maximum Gasteiger partial charge on any atom is 0.634 e. The Balaban J connectivity index is 0.000000232. The maximum absolute atomic E-state index is 9.45. The summed E-state index contributed by atoms with van der Waals surface area (Å²) in [5.41, 5.74) is 0.0916. The molecule has 0 aliphatic carbocycles. The standard InChI is InChI=1S/C11H9N.C6H15BO4/c1-2-6-10(7-3-1)11-8-4-5-9-12-11;1-5(2,8)6(3,4)11-7(9)10/h1-9H;8-10H,1-4H3. The molecule has 0 aliphatic heterocycles. The molecular formula is C17H24BNO4. The fourth-order valence-corrected chi connectivity index (χ4v) is 1.55. The quantitative estimate of drug-likeness (QED) is 0.754. The Morgan fingerprint density at radius 2 is 1.48 bits per heavy atom. The summed E-state index contributed by atoms with van der Waals surface area (Å²) in [6.07, 6.45) is 1.81. The second-order valence-corrected chi connectivity index (χ2v) is 6.09. The van der Waals surface area contributed by atoms with E-state index in [9.17, 15) is 5.11 Å². The molecular weight excluding hydrogens is 293 g/mol. The van der Waals surface area contributed by atoms with Gasteiger partial charge in [0.2, 0.25) is 0 Å². The third-order valence-electron chi connectivity index (χ3n) is 3.61. The Morgan fingerprint density at radius 3 is 1.87 bits per heavy atom. The monoisotopic (exact) mass is 317 g/mol. The summed E-state index contributed by atoms with van der Waals surface area (Å²) in [5.74, 6) is 0. The average Bonchev–Trinajstić information content (AvgIpc) is 2.47. The van der Waals surface area contributed by atoms with Crippen molar-refractivity contribution in [2.24, 2.45) is 0 Å². The van der Waals surface area contributed by atoms with Gasteiger partial charge in [-0.15, -0.1) is 0 Å². The van der Waals surface area contributed by atoms with Crippen LogP contribution in [-0.2, 0) is 4.65 Å². The predicted octanol–water partition coefficient (Wildman–Crippen LogP) is 2.27. The summed E-state index contributed by atoms with van der Waals surface area (Å²) in [6, 6.07) is 16.1. The first kappa shape index (κ1) is 19.3. The van der Waals surface area contributed by atoms with E-state index in [0.717, 1.165) is 11.3 Å². The molecule has 2 rings (SSSR count). The molecule has 0 saturated heterocycles. The van der Waals surface area contributed by atoms with Crippen LogP contribution in [0.25, 0.3) is 11.3 Å². The molecule has 2 aromatic rings. The van der Waals surface area contributed by atoms with E-state index in [2.05, 4.69) is 21.8 Å². The summed E-state index contributed by atoms with van der Waals surface area (Å²) in [5, 5.41) is 26.4. The van der Waals surface area contributed by atoms with Gasteiger partial charge in [-0.05, 0) is 39.8 Å². The Hall–Kier alpha value is -1.73. The first-order chi connectivity index (χ1) is 10.6. The van der Waals surface area contributed by atoms with Crippen LogP contribution in [0.5, 0.6) is 0 Å². The molecule has 0 unspecified atom stereocenters. The predicted molar refractivity (Wildman–Crippen MR) is 91.3 cm³/mol. The largest absolute Gasteiger partial charge is 0.634 e. The number of benzene rings is 1. The van der Waals surface area contributed by atoms with Gasteiger partial charge in [0.05, 0.1) is 16.9 Å². The number of hydrogen-bond acceptors (Lipinski definition) is 5. The van der Waals surface area contributed by atoms with Gasteiger partial charge in [-0.25, -0.2) is 0 Å². The van der Waals surface area contributed by atoms with Crippen LogP contribution in [-0.4, -0.2) is 38.7 Å². The lowest BCUT2D eigenvalue weighted by Gasteiger charge is -2.37. The summed E-state index contributed by atoms with van der Waals surface area (Å²) < 4.78 is 4.66. The molecule has 0 fully saturated rings. The van der Waals surface area contributed by atoms with Gasteiger partial charge in [-0.3, -0.25) is 4.98 Å². The highest BCUT2D eigenvalue weighted by molar-refractivity contribution is 6.32. The summed E-state index contributed by atoms with van der Waals surface area (Å²) in [7, 11) is -1.85. The molecule has 0 amide bonds. The normalized spacial score (nSPS) is 11.4. The molecule has 124 valence electrons. The number of nitrogens with zero attached hydrogens (tertiary/aromatic N) is 1. The lowest BCUT2D eigenvalue weighted by Crippen LogP contribution is -2.50. The minimum absolute atomic E-state index is 0.985. The molecule has 1 aromatic heterocycles. The van der Waals surface area contributed by atoms with E-state index < -0.39 is 18.5 Å². The Kier molecular flexibility index (Phi) is 6.90. The molecule has 23 heavy (non-hydrogen) atoms. The van der Waals surface area contributed by atoms with Crippen molar-refractivity contribution in [1.29, 1.82) is 0 Å². The van der Waals surface area contributed by atoms with E-state index >= 15 is 0 Å². The molecule has 5 nitrogen and oxygen atoms in total. The maximum atomic E-state index is 9.45. The van der Waals surface area contributed by atoms with Gasteiger partial charge in [0.25, 0.3) is 0 Å². The van der Waals surface area contributed by atoms with Crippen molar-refractivity contribution in [3.63, 3.8) is 0 Å². The van der Waals surface area contributed by atoms with Gasteiger partial charge in [-0.1, -0.05) is 36.4 Å². The van der Waals surface area contributed by atoms with Gasteiger partial charge in [0, 0.05) is 11.8 Å². The number of aliphatic hydroxyl groups is 1. The highest BCUT2D eigenvalue weighted by Crippen LogP contribution is 2.24. The van der Waals surface area contributed by atoms with E-state index in [-0.39, 0.29) is 0 Å². The van der Waals surface area contributed by atoms with Crippen molar-refractivity contribution >= 4 is 7.32 Å². The third-order valence-corrected chi connectivity index (χ3v) is 3.61. The van der Waals surface area contributed by atoms with Crippen LogP contribution in [0.3, 0.4) is 0 Å². The molecule has 6 heteroatoms. The summed E-state index contributed by atoms with van der Waals surface area (Å²) >= 11 is 0. The minimum Gasteiger partial charge on any atom is -0.402 e. The fourth-order valence-electron chi connectivity index (χ4n) is 1.55. The number of aromatic nitrogens is 1. The molecule has 0 radical (unpaired) electrons. The lowest BCUT2D eigenvalue weighted by molar-refractivity contribution is -0.109. The molecule has 0 spiro atoms. The van der Waals surface area contributed by atoms with Crippen LogP contribution in [0, 0.1) is 0 Å². The van der Waals surface area contributed by atoms with Crippen molar-refractivity contribution in [2.45, 2.75) is 38.9 Å². The lowest BCUT2D eigenvalue weighted by atomic mass is 9.88. The molecule has 0 atom stereocenters. The number of rotatable bonds is 4. The minimum atomic E-state index is -1.85. The first-order valence-electron chi connectivity index (χ1n) is 7.36. The van der Waals surface area contributed by atoms with Crippen LogP contribution < -0.4 is 0 Å². The smallest absolute Gasteiger partial charge is 0.402 e. The molecule has 3 N–H and O–H groups in total. The fraction of sp³-hybridized carbons (Fsp3) is 0.353. The van der Waals surface area contributed by atoms with Crippen molar-refractivity contribution < 1.29 is 19.8 Å². The van der Waals surface area contributed by atoms with Crippen LogP contribution >= 0.6 is 0 Å². The van der Waals surface area contributed by atoms with Crippen LogP contribution in [0.4, 0.5) is 0 Å². The highest BCUT2D eigenvalue weighted by Gasteiger charge is 2.38. The van der Waals surface area contributed by atoms with Crippen LogP contribution in [0.2, 0.25) is 0 Å². The van der Waals surface area contributed by atoms with Gasteiger partial charge < -0.3 is 19.8 Å². The Labute approximate surface area is 137 Å². The SMILES string of the molecule is CC(C)(O)C(C)(C)OB(O)O.c1ccc(-c2ccccn2)cc1. The molecule has 0 saturated carbocycles. The zero-order valence-corrected chi connectivity index (χ0v) is 14.0. The van der Waals surface area contributed by atoms with E-state index in [4.69, 9.17) is 10.0 Å². The van der Waals surface area contributed by atoms with Gasteiger partial charge in [0.1, 0.15) is 0 Å². The van der Waals surface area contributed by atoms with E-state index in [1.54, 1.807) is 13.8 Å². The topological polar surface area (TPSA) is 82.8 Å². The zero-order valence-electron chi connectivity index (χ0n) is 14.0. The second-order valence-electron chi connectivity index (χ2n) is 6.09. The summed E-state index contributed by atoms with van der Waals surface area (Å²) in [6.45, 7) is 6.23. The van der Waals surface area contributed by atoms with Crippen molar-refractivity contribution in [1.82, 2.24) is 4.98 Å². The van der Waals surface area contributed by atoms with Gasteiger partial charge in [0.15, 0.2) is 0 Å². The van der Waals surface area contributed by atoms with E-state index in [1.807, 2.05) is 42.6 Å². The van der Waals surface area contributed by atoms with Crippen LogP contribution in [0.15, 0.2) is 54.7 Å².